The van der Waals surface area contributed by atoms with E-state index >= 15 is 0 Å². The van der Waals surface area contributed by atoms with E-state index in [-0.39, 0.29) is 23.3 Å². The van der Waals surface area contributed by atoms with Gasteiger partial charge >= 0.3 is 0 Å². The molecule has 17 heavy (non-hydrogen) atoms. The van der Waals surface area contributed by atoms with E-state index in [4.69, 9.17) is 5.73 Å². The third-order valence-electron chi connectivity index (χ3n) is 2.08. The second-order valence-corrected chi connectivity index (χ2v) is 5.34. The van der Waals surface area contributed by atoms with E-state index in [9.17, 15) is 13.2 Å². The van der Waals surface area contributed by atoms with Crippen LogP contribution in [0.5, 0.6) is 0 Å². The largest absolute Gasteiger partial charge is 0.381 e. The lowest BCUT2D eigenvalue weighted by Gasteiger charge is -2.11. The second-order valence-electron chi connectivity index (χ2n) is 3.66. The molecule has 0 fully saturated rings. The van der Waals surface area contributed by atoms with Crippen LogP contribution in [0.1, 0.15) is 0 Å². The lowest BCUT2D eigenvalue weighted by Crippen LogP contribution is -2.37. The monoisotopic (exact) mass is 261 g/mol. The Labute approximate surface area is 99.5 Å². The molecule has 3 N–H and O–H groups in total. The van der Waals surface area contributed by atoms with E-state index in [1.54, 1.807) is 0 Å². The molecule has 0 saturated carbocycles. The van der Waals surface area contributed by atoms with E-state index in [1.165, 1.54) is 36.9 Å². The van der Waals surface area contributed by atoms with Crippen LogP contribution in [-0.4, -0.2) is 49.4 Å². The number of carbonyl (C=O) groups is 1. The molecule has 9 heteroatoms. The molecule has 8 nitrogen and oxygen atoms in total. The number of rotatable bonds is 4. The van der Waals surface area contributed by atoms with Gasteiger partial charge in [0.15, 0.2) is 10.8 Å². The fraction of sp³-hybridized carbons (Fsp3) is 0.500. The standard InChI is InChI=1S/C8H15N5O3S/c1-12(2)6(14)4-11-17(15,16)8-7(9)10-5-13(8)3/h5,11H,4,9H2,1-3H3. The van der Waals surface area contributed by atoms with Crippen LogP contribution in [0.25, 0.3) is 0 Å². The summed E-state index contributed by atoms with van der Waals surface area (Å²) in [6.07, 6.45) is 1.29. The highest BCUT2D eigenvalue weighted by Gasteiger charge is 2.23. The normalized spacial score (nSPS) is 11.5. The summed E-state index contributed by atoms with van der Waals surface area (Å²) in [5.41, 5.74) is 5.45. The van der Waals surface area contributed by atoms with Gasteiger partial charge in [0.1, 0.15) is 0 Å². The zero-order valence-electron chi connectivity index (χ0n) is 9.84. The highest BCUT2D eigenvalue weighted by atomic mass is 32.2. The minimum Gasteiger partial charge on any atom is -0.381 e. The summed E-state index contributed by atoms with van der Waals surface area (Å²) in [7, 11) is 0.750. The molecule has 96 valence electrons. The summed E-state index contributed by atoms with van der Waals surface area (Å²) in [5, 5.41) is -0.149. The molecule has 1 rings (SSSR count). The first-order valence-electron chi connectivity index (χ1n) is 4.72. The van der Waals surface area contributed by atoms with Gasteiger partial charge < -0.3 is 15.2 Å². The molecule has 0 aliphatic rings. The van der Waals surface area contributed by atoms with E-state index < -0.39 is 10.0 Å². The summed E-state index contributed by atoms with van der Waals surface area (Å²) >= 11 is 0. The number of hydrogen-bond donors (Lipinski definition) is 2. The molecule has 1 aromatic rings. The van der Waals surface area contributed by atoms with Gasteiger partial charge in [-0.1, -0.05) is 0 Å². The maximum Gasteiger partial charge on any atom is 0.260 e. The third kappa shape index (κ3) is 2.94. The minimum atomic E-state index is -3.83. The predicted molar refractivity (Wildman–Crippen MR) is 61.5 cm³/mol. The van der Waals surface area contributed by atoms with Crippen molar-refractivity contribution < 1.29 is 13.2 Å². The number of amides is 1. The van der Waals surface area contributed by atoms with Gasteiger partial charge in [0.05, 0.1) is 12.9 Å². The number of imidazole rings is 1. The van der Waals surface area contributed by atoms with Gasteiger partial charge in [-0.25, -0.2) is 18.1 Å². The molecule has 1 amide bonds. The average Bonchev–Trinajstić information content (AvgIpc) is 2.55. The Morgan fingerprint density at radius 1 is 1.59 bits per heavy atom. The van der Waals surface area contributed by atoms with Crippen molar-refractivity contribution in [1.29, 1.82) is 0 Å². The zero-order valence-corrected chi connectivity index (χ0v) is 10.7. The number of nitrogens with two attached hydrogens (primary N) is 1. The summed E-state index contributed by atoms with van der Waals surface area (Å²) in [6, 6.07) is 0. The quantitative estimate of drug-likeness (QED) is 0.676. The predicted octanol–water partition coefficient (Wildman–Crippen LogP) is -1.63. The summed E-state index contributed by atoms with van der Waals surface area (Å²) < 4.78 is 27.1. The van der Waals surface area contributed by atoms with E-state index in [2.05, 4.69) is 9.71 Å². The molecule has 0 spiro atoms. The van der Waals surface area contributed by atoms with E-state index in [1.807, 2.05) is 0 Å². The molecular formula is C8H15N5O3S. The third-order valence-corrected chi connectivity index (χ3v) is 3.61. The maximum atomic E-state index is 11.8. The highest BCUT2D eigenvalue weighted by molar-refractivity contribution is 7.89. The highest BCUT2D eigenvalue weighted by Crippen LogP contribution is 2.14. The van der Waals surface area contributed by atoms with Crippen molar-refractivity contribution in [2.45, 2.75) is 5.03 Å². The Hall–Kier alpha value is -1.61. The smallest absolute Gasteiger partial charge is 0.260 e. The van der Waals surface area contributed by atoms with E-state index in [0.29, 0.717) is 0 Å². The van der Waals surface area contributed by atoms with Crippen LogP contribution in [0.2, 0.25) is 0 Å². The number of hydrogen-bond acceptors (Lipinski definition) is 5. The first-order valence-corrected chi connectivity index (χ1v) is 6.20. The Bertz CT molecular complexity index is 500. The van der Waals surface area contributed by atoms with Crippen LogP contribution in [0.4, 0.5) is 5.82 Å². The number of nitrogen functional groups attached to an aromatic ring is 1. The number of nitrogens with zero attached hydrogens (tertiary/aromatic N) is 3. The van der Waals surface area contributed by atoms with Crippen molar-refractivity contribution in [2.75, 3.05) is 26.4 Å². The molecule has 0 radical (unpaired) electrons. The minimum absolute atomic E-state index is 0.0997. The fourth-order valence-electron chi connectivity index (χ4n) is 1.15. The molecule has 0 unspecified atom stereocenters. The first kappa shape index (κ1) is 13.5. The number of aryl methyl sites for hydroxylation is 1. The average molecular weight is 261 g/mol. The number of aromatic nitrogens is 2. The van der Waals surface area contributed by atoms with Gasteiger partial charge in [-0.3, -0.25) is 4.79 Å². The SMILES string of the molecule is CN(C)C(=O)CNS(=O)(=O)c1c(N)ncn1C. The lowest BCUT2D eigenvalue weighted by molar-refractivity contribution is -0.127. The van der Waals surface area contributed by atoms with Crippen molar-refractivity contribution in [2.24, 2.45) is 7.05 Å². The number of sulfonamides is 1. The Morgan fingerprint density at radius 2 is 2.18 bits per heavy atom. The van der Waals surface area contributed by atoms with Gasteiger partial charge in [0, 0.05) is 21.1 Å². The van der Waals surface area contributed by atoms with Gasteiger partial charge in [-0.15, -0.1) is 0 Å². The Kier molecular flexibility index (Phi) is 3.73. The molecule has 0 aromatic carbocycles. The van der Waals surface area contributed by atoms with Gasteiger partial charge in [-0.2, -0.15) is 0 Å². The first-order chi connectivity index (χ1) is 7.75. The molecule has 0 bridgehead atoms. The van der Waals surface area contributed by atoms with Crippen LogP contribution in [0.3, 0.4) is 0 Å². The molecule has 0 aliphatic carbocycles. The second kappa shape index (κ2) is 4.72. The summed E-state index contributed by atoms with van der Waals surface area (Å²) in [6.45, 7) is -0.319. The number of nitrogens with one attached hydrogen (secondary N) is 1. The van der Waals surface area contributed by atoms with Crippen LogP contribution >= 0.6 is 0 Å². The number of carbonyl (C=O) groups excluding carboxylic acids is 1. The number of anilines is 1. The lowest BCUT2D eigenvalue weighted by atomic mass is 10.6. The van der Waals surface area contributed by atoms with Crippen molar-refractivity contribution in [1.82, 2.24) is 19.2 Å². The Balaban J connectivity index is 2.87. The molecule has 1 heterocycles. The maximum absolute atomic E-state index is 11.8. The van der Waals surface area contributed by atoms with Crippen LogP contribution in [0.15, 0.2) is 11.4 Å². The van der Waals surface area contributed by atoms with Crippen molar-refractivity contribution >= 4 is 21.7 Å². The van der Waals surface area contributed by atoms with Gasteiger partial charge in [0.25, 0.3) is 10.0 Å². The molecule has 1 aromatic heterocycles. The van der Waals surface area contributed by atoms with Crippen LogP contribution in [-0.2, 0) is 21.9 Å². The summed E-state index contributed by atoms with van der Waals surface area (Å²) in [4.78, 5) is 16.2. The Morgan fingerprint density at radius 3 is 2.59 bits per heavy atom. The molecule has 0 aliphatic heterocycles. The molecular weight excluding hydrogens is 246 g/mol. The van der Waals surface area contributed by atoms with Crippen molar-refractivity contribution in [3.8, 4) is 0 Å². The molecule has 0 saturated heterocycles. The van der Waals surface area contributed by atoms with Crippen molar-refractivity contribution in [3.63, 3.8) is 0 Å². The zero-order chi connectivity index (χ0) is 13.2. The van der Waals surface area contributed by atoms with Gasteiger partial charge in [0.2, 0.25) is 5.91 Å². The summed E-state index contributed by atoms with van der Waals surface area (Å²) in [5.74, 6) is -0.452. The van der Waals surface area contributed by atoms with Crippen LogP contribution in [0, 0.1) is 0 Å². The van der Waals surface area contributed by atoms with Crippen LogP contribution < -0.4 is 10.5 Å². The topological polar surface area (TPSA) is 110 Å². The fourth-order valence-corrected chi connectivity index (χ4v) is 2.35. The van der Waals surface area contributed by atoms with E-state index in [0.717, 1.165) is 0 Å². The number of likely N-dealkylation sites (N-methyl/N-ethyl adjacent to an activating group) is 1. The molecule has 0 atom stereocenters. The van der Waals surface area contributed by atoms with Gasteiger partial charge in [-0.05, 0) is 0 Å². The van der Waals surface area contributed by atoms with Crippen molar-refractivity contribution in [3.05, 3.63) is 6.33 Å².